The molecule has 0 aliphatic carbocycles. The number of hydrogen-bond donors (Lipinski definition) is 1. The minimum atomic E-state index is -0.455. The van der Waals surface area contributed by atoms with Crippen LogP contribution in [0.3, 0.4) is 0 Å². The lowest BCUT2D eigenvalue weighted by atomic mass is 10.1. The van der Waals surface area contributed by atoms with Gasteiger partial charge in [0, 0.05) is 11.1 Å². The first kappa shape index (κ1) is 19.8. The van der Waals surface area contributed by atoms with Gasteiger partial charge >= 0.3 is 5.97 Å². The summed E-state index contributed by atoms with van der Waals surface area (Å²) in [5.41, 5.74) is 9.09. The third kappa shape index (κ3) is 3.71. The SMILES string of the molecule is COc1cccc(-c2nc(-c3ccccc3)nc3sc(C(=O)OC(C)C)c(N)c23)c1. The maximum absolute atomic E-state index is 12.6. The fourth-order valence-corrected chi connectivity index (χ4v) is 4.11. The van der Waals surface area contributed by atoms with Crippen LogP contribution in [0, 0.1) is 0 Å². The fourth-order valence-electron chi connectivity index (χ4n) is 3.14. The molecule has 2 aromatic carbocycles. The summed E-state index contributed by atoms with van der Waals surface area (Å²) in [6, 6.07) is 17.3. The zero-order valence-corrected chi connectivity index (χ0v) is 17.7. The van der Waals surface area contributed by atoms with E-state index in [0.29, 0.717) is 38.0 Å². The number of hydrogen-bond acceptors (Lipinski definition) is 7. The van der Waals surface area contributed by atoms with E-state index in [1.54, 1.807) is 21.0 Å². The Balaban J connectivity index is 1.98. The molecule has 0 aliphatic rings. The van der Waals surface area contributed by atoms with Gasteiger partial charge in [-0.2, -0.15) is 0 Å². The lowest BCUT2D eigenvalue weighted by Gasteiger charge is -2.09. The van der Waals surface area contributed by atoms with E-state index in [1.165, 1.54) is 11.3 Å². The highest BCUT2D eigenvalue weighted by molar-refractivity contribution is 7.21. The molecule has 0 saturated heterocycles. The van der Waals surface area contributed by atoms with Gasteiger partial charge in [0.05, 0.1) is 30.0 Å². The average molecular weight is 420 g/mol. The Bertz CT molecular complexity index is 1220. The number of carbonyl (C=O) groups excluding carboxylic acids is 1. The van der Waals surface area contributed by atoms with Crippen molar-refractivity contribution < 1.29 is 14.3 Å². The van der Waals surface area contributed by atoms with Crippen LogP contribution in [0.1, 0.15) is 23.5 Å². The Morgan fingerprint density at radius 2 is 1.77 bits per heavy atom. The fraction of sp³-hybridized carbons (Fsp3) is 0.174. The second kappa shape index (κ2) is 8.12. The van der Waals surface area contributed by atoms with Gasteiger partial charge in [-0.3, -0.25) is 0 Å². The summed E-state index contributed by atoms with van der Waals surface area (Å²) in [4.78, 5) is 23.1. The maximum atomic E-state index is 12.6. The number of nitrogens with two attached hydrogens (primary N) is 1. The predicted octanol–water partition coefficient (Wildman–Crippen LogP) is 5.18. The molecule has 0 saturated carbocycles. The van der Waals surface area contributed by atoms with Crippen LogP contribution in [0.15, 0.2) is 54.6 Å². The minimum absolute atomic E-state index is 0.245. The number of carbonyl (C=O) groups is 1. The number of fused-ring (bicyclic) bond motifs is 1. The summed E-state index contributed by atoms with van der Waals surface area (Å²) in [6.07, 6.45) is -0.245. The Morgan fingerprint density at radius 1 is 1.03 bits per heavy atom. The summed E-state index contributed by atoms with van der Waals surface area (Å²) in [7, 11) is 1.61. The van der Waals surface area contributed by atoms with Gasteiger partial charge in [-0.1, -0.05) is 42.5 Å². The number of ether oxygens (including phenoxy) is 2. The summed E-state index contributed by atoms with van der Waals surface area (Å²) < 4.78 is 10.7. The van der Waals surface area contributed by atoms with Crippen molar-refractivity contribution in [3.05, 3.63) is 59.5 Å². The first-order chi connectivity index (χ1) is 14.5. The van der Waals surface area contributed by atoms with Crippen molar-refractivity contribution in [2.75, 3.05) is 12.8 Å². The Kier molecular flexibility index (Phi) is 5.37. The van der Waals surface area contributed by atoms with Crippen LogP contribution in [-0.4, -0.2) is 29.2 Å². The van der Waals surface area contributed by atoms with E-state index in [4.69, 9.17) is 25.2 Å². The van der Waals surface area contributed by atoms with Gasteiger partial charge in [-0.05, 0) is 26.0 Å². The molecule has 152 valence electrons. The molecule has 2 N–H and O–H groups in total. The summed E-state index contributed by atoms with van der Waals surface area (Å²) in [5, 5.41) is 0.642. The molecule has 0 fully saturated rings. The number of anilines is 1. The average Bonchev–Trinajstić information content (AvgIpc) is 3.10. The molecule has 2 heterocycles. The third-order valence-electron chi connectivity index (χ3n) is 4.49. The molecule has 30 heavy (non-hydrogen) atoms. The molecule has 2 aromatic heterocycles. The molecule has 0 amide bonds. The highest BCUT2D eigenvalue weighted by Crippen LogP contribution is 2.40. The minimum Gasteiger partial charge on any atom is -0.497 e. The predicted molar refractivity (Wildman–Crippen MR) is 120 cm³/mol. The number of aromatic nitrogens is 2. The molecular weight excluding hydrogens is 398 g/mol. The molecule has 0 spiro atoms. The Morgan fingerprint density at radius 3 is 2.47 bits per heavy atom. The van der Waals surface area contributed by atoms with Gasteiger partial charge in [0.15, 0.2) is 5.82 Å². The van der Waals surface area contributed by atoms with E-state index in [2.05, 4.69) is 0 Å². The quantitative estimate of drug-likeness (QED) is 0.449. The van der Waals surface area contributed by atoms with Crippen LogP contribution in [-0.2, 0) is 4.74 Å². The Hall–Kier alpha value is -3.45. The van der Waals surface area contributed by atoms with E-state index < -0.39 is 5.97 Å². The van der Waals surface area contributed by atoms with Gasteiger partial charge in [-0.15, -0.1) is 11.3 Å². The van der Waals surface area contributed by atoms with Crippen molar-refractivity contribution in [1.82, 2.24) is 9.97 Å². The van der Waals surface area contributed by atoms with Crippen LogP contribution in [0.4, 0.5) is 5.69 Å². The largest absolute Gasteiger partial charge is 0.497 e. The number of nitrogen functional groups attached to an aromatic ring is 1. The molecule has 0 radical (unpaired) electrons. The number of benzene rings is 2. The van der Waals surface area contributed by atoms with Crippen LogP contribution in [0.2, 0.25) is 0 Å². The normalized spacial score (nSPS) is 11.1. The van der Waals surface area contributed by atoms with Gasteiger partial charge < -0.3 is 15.2 Å². The molecule has 0 aliphatic heterocycles. The number of nitrogens with zero attached hydrogens (tertiary/aromatic N) is 2. The number of rotatable bonds is 5. The van der Waals surface area contributed by atoms with Gasteiger partial charge in [0.25, 0.3) is 0 Å². The molecular formula is C23H21N3O3S. The molecule has 6 nitrogen and oxygen atoms in total. The van der Waals surface area contributed by atoms with Crippen molar-refractivity contribution in [2.45, 2.75) is 20.0 Å². The molecule has 0 bridgehead atoms. The molecule has 7 heteroatoms. The van der Waals surface area contributed by atoms with E-state index >= 15 is 0 Å². The van der Waals surface area contributed by atoms with E-state index in [1.807, 2.05) is 54.6 Å². The van der Waals surface area contributed by atoms with Crippen molar-refractivity contribution >= 4 is 33.2 Å². The summed E-state index contributed by atoms with van der Waals surface area (Å²) in [6.45, 7) is 3.60. The van der Waals surface area contributed by atoms with Crippen molar-refractivity contribution in [3.63, 3.8) is 0 Å². The summed E-state index contributed by atoms with van der Waals surface area (Å²) in [5.74, 6) is 0.808. The number of methoxy groups -OCH3 is 1. The van der Waals surface area contributed by atoms with Crippen LogP contribution in [0.25, 0.3) is 32.9 Å². The lowest BCUT2D eigenvalue weighted by Crippen LogP contribution is -2.11. The second-order valence-electron chi connectivity index (χ2n) is 6.97. The first-order valence-electron chi connectivity index (χ1n) is 9.48. The van der Waals surface area contributed by atoms with Crippen molar-refractivity contribution in [3.8, 4) is 28.4 Å². The lowest BCUT2D eigenvalue weighted by molar-refractivity contribution is 0.0385. The zero-order valence-electron chi connectivity index (χ0n) is 16.9. The van der Waals surface area contributed by atoms with E-state index in [0.717, 1.165) is 11.1 Å². The number of thiophene rings is 1. The smallest absolute Gasteiger partial charge is 0.350 e. The molecule has 0 unspecified atom stereocenters. The van der Waals surface area contributed by atoms with Gasteiger partial charge in [0.2, 0.25) is 0 Å². The van der Waals surface area contributed by atoms with E-state index in [9.17, 15) is 4.79 Å². The second-order valence-corrected chi connectivity index (χ2v) is 7.97. The Labute approximate surface area is 178 Å². The monoisotopic (exact) mass is 419 g/mol. The highest BCUT2D eigenvalue weighted by atomic mass is 32.1. The highest BCUT2D eigenvalue weighted by Gasteiger charge is 2.24. The number of esters is 1. The van der Waals surface area contributed by atoms with Crippen LogP contribution < -0.4 is 10.5 Å². The zero-order chi connectivity index (χ0) is 21.3. The molecule has 4 rings (SSSR count). The van der Waals surface area contributed by atoms with Crippen LogP contribution in [0.5, 0.6) is 5.75 Å². The van der Waals surface area contributed by atoms with Crippen LogP contribution >= 0.6 is 11.3 Å². The third-order valence-corrected chi connectivity index (χ3v) is 5.57. The van der Waals surface area contributed by atoms with E-state index in [-0.39, 0.29) is 6.10 Å². The van der Waals surface area contributed by atoms with Gasteiger partial charge in [-0.25, -0.2) is 14.8 Å². The maximum Gasteiger partial charge on any atom is 0.350 e. The topological polar surface area (TPSA) is 87.3 Å². The molecule has 0 atom stereocenters. The molecule has 4 aromatic rings. The van der Waals surface area contributed by atoms with Gasteiger partial charge in [0.1, 0.15) is 15.5 Å². The standard InChI is InChI=1S/C23H21N3O3S/c1-13(2)29-23(27)20-18(24)17-19(15-10-7-11-16(12-15)28-3)25-21(26-22(17)30-20)14-8-5-4-6-9-14/h4-13H,24H2,1-3H3. The first-order valence-corrected chi connectivity index (χ1v) is 10.3. The summed E-state index contributed by atoms with van der Waals surface area (Å²) >= 11 is 1.22. The van der Waals surface area contributed by atoms with Crippen molar-refractivity contribution in [1.29, 1.82) is 0 Å². The van der Waals surface area contributed by atoms with Crippen molar-refractivity contribution in [2.24, 2.45) is 0 Å².